The van der Waals surface area contributed by atoms with Gasteiger partial charge in [0.2, 0.25) is 0 Å². The van der Waals surface area contributed by atoms with E-state index in [9.17, 15) is 0 Å². The minimum absolute atomic E-state index is 0.242. The van der Waals surface area contributed by atoms with Crippen molar-refractivity contribution < 1.29 is 5.11 Å². The first-order chi connectivity index (χ1) is 6.90. The fourth-order valence-electron chi connectivity index (χ4n) is 1.97. The van der Waals surface area contributed by atoms with E-state index in [0.717, 1.165) is 13.0 Å². The monoisotopic (exact) mass is 191 g/mol. The summed E-state index contributed by atoms with van der Waals surface area (Å²) in [4.78, 5) is 0. The van der Waals surface area contributed by atoms with Crippen LogP contribution in [0.2, 0.25) is 0 Å². The zero-order valence-corrected chi connectivity index (χ0v) is 8.42. The van der Waals surface area contributed by atoms with Crippen molar-refractivity contribution in [2.75, 3.05) is 18.5 Å². The lowest BCUT2D eigenvalue weighted by Gasteiger charge is -2.09. The molecule has 1 aromatic rings. The van der Waals surface area contributed by atoms with Gasteiger partial charge >= 0.3 is 0 Å². The summed E-state index contributed by atoms with van der Waals surface area (Å²) >= 11 is 0. The summed E-state index contributed by atoms with van der Waals surface area (Å²) in [5.41, 5.74) is 3.94. The molecular weight excluding hydrogens is 174 g/mol. The highest BCUT2D eigenvalue weighted by Gasteiger charge is 2.07. The van der Waals surface area contributed by atoms with E-state index in [1.165, 1.54) is 36.1 Å². The molecular formula is C12H17NO. The van der Waals surface area contributed by atoms with Crippen molar-refractivity contribution in [2.45, 2.75) is 25.7 Å². The first-order valence-electron chi connectivity index (χ1n) is 5.36. The second kappa shape index (κ2) is 4.47. The molecule has 0 aromatic heterocycles. The predicted molar refractivity (Wildman–Crippen MR) is 58.7 cm³/mol. The summed E-state index contributed by atoms with van der Waals surface area (Å²) in [6.45, 7) is 1.33. The quantitative estimate of drug-likeness (QED) is 0.749. The van der Waals surface area contributed by atoms with Gasteiger partial charge in [-0.2, -0.15) is 0 Å². The molecule has 0 radical (unpaired) electrons. The molecule has 0 spiro atoms. The van der Waals surface area contributed by atoms with Gasteiger partial charge in [-0.1, -0.05) is 12.1 Å². The van der Waals surface area contributed by atoms with Crippen LogP contribution >= 0.6 is 0 Å². The minimum Gasteiger partial charge on any atom is -0.396 e. The van der Waals surface area contributed by atoms with Crippen molar-refractivity contribution >= 4 is 5.69 Å². The number of rotatable bonds is 2. The molecule has 0 unspecified atom stereocenters. The maximum absolute atomic E-state index is 8.86. The van der Waals surface area contributed by atoms with Gasteiger partial charge in [-0.05, 0) is 42.9 Å². The van der Waals surface area contributed by atoms with Crippen molar-refractivity contribution in [3.8, 4) is 0 Å². The first kappa shape index (κ1) is 9.53. The van der Waals surface area contributed by atoms with Crippen LogP contribution in [0.4, 0.5) is 5.69 Å². The summed E-state index contributed by atoms with van der Waals surface area (Å²) in [5.74, 6) is 0. The molecule has 0 fully saturated rings. The number of aryl methyl sites for hydroxylation is 1. The van der Waals surface area contributed by atoms with Crippen LogP contribution in [-0.4, -0.2) is 18.3 Å². The lowest BCUT2D eigenvalue weighted by atomic mass is 10.0. The number of hydrogen-bond acceptors (Lipinski definition) is 2. The van der Waals surface area contributed by atoms with Gasteiger partial charge in [-0.3, -0.25) is 0 Å². The Morgan fingerprint density at radius 2 is 2.21 bits per heavy atom. The topological polar surface area (TPSA) is 32.3 Å². The predicted octanol–water partition coefficient (Wildman–Crippen LogP) is 1.97. The Hall–Kier alpha value is -1.02. The molecule has 76 valence electrons. The molecule has 2 N–H and O–H groups in total. The Labute approximate surface area is 85.0 Å². The third-order valence-corrected chi connectivity index (χ3v) is 2.76. The third-order valence-electron chi connectivity index (χ3n) is 2.76. The highest BCUT2D eigenvalue weighted by molar-refractivity contribution is 5.53. The van der Waals surface area contributed by atoms with Crippen LogP contribution in [0.3, 0.4) is 0 Å². The molecule has 2 nitrogen and oxygen atoms in total. The summed E-state index contributed by atoms with van der Waals surface area (Å²) in [6.07, 6.45) is 4.46. The van der Waals surface area contributed by atoms with Gasteiger partial charge in [0, 0.05) is 18.8 Å². The molecule has 0 bridgehead atoms. The fraction of sp³-hybridized carbons (Fsp3) is 0.500. The van der Waals surface area contributed by atoms with Gasteiger partial charge in [-0.15, -0.1) is 0 Å². The lowest BCUT2D eigenvalue weighted by Crippen LogP contribution is -2.00. The van der Waals surface area contributed by atoms with Gasteiger partial charge in [0.1, 0.15) is 0 Å². The van der Waals surface area contributed by atoms with Gasteiger partial charge < -0.3 is 10.4 Å². The molecule has 0 aliphatic carbocycles. The van der Waals surface area contributed by atoms with E-state index in [-0.39, 0.29) is 6.61 Å². The SMILES string of the molecule is OCCc1ccc2c(c1)CCCCN2. The van der Waals surface area contributed by atoms with E-state index in [2.05, 4.69) is 23.5 Å². The van der Waals surface area contributed by atoms with Crippen LogP contribution in [0.25, 0.3) is 0 Å². The number of hydrogen-bond donors (Lipinski definition) is 2. The van der Waals surface area contributed by atoms with Crippen molar-refractivity contribution in [3.63, 3.8) is 0 Å². The molecule has 0 atom stereocenters. The summed E-state index contributed by atoms with van der Waals surface area (Å²) < 4.78 is 0. The molecule has 0 saturated heterocycles. The highest BCUT2D eigenvalue weighted by atomic mass is 16.2. The van der Waals surface area contributed by atoms with E-state index in [1.807, 2.05) is 0 Å². The maximum atomic E-state index is 8.86. The second-order valence-electron chi connectivity index (χ2n) is 3.85. The first-order valence-corrected chi connectivity index (χ1v) is 5.36. The summed E-state index contributed by atoms with van der Waals surface area (Å²) in [6, 6.07) is 6.48. The summed E-state index contributed by atoms with van der Waals surface area (Å²) in [7, 11) is 0. The van der Waals surface area contributed by atoms with Crippen LogP contribution in [-0.2, 0) is 12.8 Å². The number of aliphatic hydroxyl groups excluding tert-OH is 1. The molecule has 1 aliphatic heterocycles. The molecule has 2 rings (SSSR count). The average molecular weight is 191 g/mol. The number of nitrogens with one attached hydrogen (secondary N) is 1. The van der Waals surface area contributed by atoms with Crippen LogP contribution in [0, 0.1) is 0 Å². The number of anilines is 1. The largest absolute Gasteiger partial charge is 0.396 e. The Morgan fingerprint density at radius 3 is 3.07 bits per heavy atom. The molecule has 1 heterocycles. The van der Waals surface area contributed by atoms with E-state index < -0.39 is 0 Å². The average Bonchev–Trinajstić information content (AvgIpc) is 2.42. The van der Waals surface area contributed by atoms with E-state index >= 15 is 0 Å². The van der Waals surface area contributed by atoms with Crippen LogP contribution in [0.15, 0.2) is 18.2 Å². The normalized spacial score (nSPS) is 15.5. The molecule has 1 aliphatic rings. The van der Waals surface area contributed by atoms with Gasteiger partial charge in [0.25, 0.3) is 0 Å². The van der Waals surface area contributed by atoms with E-state index in [4.69, 9.17) is 5.11 Å². The third kappa shape index (κ3) is 2.07. The van der Waals surface area contributed by atoms with Crippen molar-refractivity contribution in [2.24, 2.45) is 0 Å². The van der Waals surface area contributed by atoms with Gasteiger partial charge in [0.05, 0.1) is 0 Å². The number of fused-ring (bicyclic) bond motifs is 1. The Morgan fingerprint density at radius 1 is 1.29 bits per heavy atom. The number of benzene rings is 1. The Kier molecular flexibility index (Phi) is 3.04. The van der Waals surface area contributed by atoms with E-state index in [1.54, 1.807) is 0 Å². The fourth-order valence-corrected chi connectivity index (χ4v) is 1.97. The Bertz CT molecular complexity index is 309. The van der Waals surface area contributed by atoms with Crippen LogP contribution < -0.4 is 5.32 Å². The zero-order chi connectivity index (χ0) is 9.80. The smallest absolute Gasteiger partial charge is 0.0471 e. The van der Waals surface area contributed by atoms with Crippen LogP contribution in [0.1, 0.15) is 24.0 Å². The second-order valence-corrected chi connectivity index (χ2v) is 3.85. The van der Waals surface area contributed by atoms with Gasteiger partial charge in [0.15, 0.2) is 0 Å². The standard InChI is InChI=1S/C12H17NO/c14-8-6-10-4-5-12-11(9-10)3-1-2-7-13-12/h4-5,9,13-14H,1-3,6-8H2. The molecule has 1 aromatic carbocycles. The highest BCUT2D eigenvalue weighted by Crippen LogP contribution is 2.22. The molecule has 0 amide bonds. The van der Waals surface area contributed by atoms with Crippen molar-refractivity contribution in [1.29, 1.82) is 0 Å². The molecule has 14 heavy (non-hydrogen) atoms. The summed E-state index contributed by atoms with van der Waals surface area (Å²) in [5, 5.41) is 12.3. The minimum atomic E-state index is 0.242. The molecule has 0 saturated carbocycles. The van der Waals surface area contributed by atoms with E-state index in [0.29, 0.717) is 0 Å². The van der Waals surface area contributed by atoms with Crippen LogP contribution in [0.5, 0.6) is 0 Å². The van der Waals surface area contributed by atoms with Crippen molar-refractivity contribution in [1.82, 2.24) is 0 Å². The van der Waals surface area contributed by atoms with Gasteiger partial charge in [-0.25, -0.2) is 0 Å². The maximum Gasteiger partial charge on any atom is 0.0471 e. The Balaban J connectivity index is 2.23. The zero-order valence-electron chi connectivity index (χ0n) is 8.42. The van der Waals surface area contributed by atoms with Crippen molar-refractivity contribution in [3.05, 3.63) is 29.3 Å². The number of aliphatic hydroxyl groups is 1. The lowest BCUT2D eigenvalue weighted by molar-refractivity contribution is 0.299. The molecule has 2 heteroatoms.